The molecular weight excluding hydrogens is 358 g/mol. The van der Waals surface area contributed by atoms with E-state index >= 15 is 0 Å². The van der Waals surface area contributed by atoms with Crippen molar-refractivity contribution in [2.75, 3.05) is 6.54 Å². The number of hydrogen-bond donors (Lipinski definition) is 1. The summed E-state index contributed by atoms with van der Waals surface area (Å²) in [4.78, 5) is 13.0. The molecule has 1 amide bonds. The van der Waals surface area contributed by atoms with Crippen LogP contribution in [0.1, 0.15) is 21.5 Å². The van der Waals surface area contributed by atoms with Crippen molar-refractivity contribution < 1.29 is 4.79 Å². The standard InChI is InChI=1S/C25H23N3O/c1-19-12-14-22(15-13-19)28-18-23(24(27-28)21-10-6-3-7-11-21)25(29)26-17-16-20-8-4-2-5-9-20/h2-15,18H,16-17H2,1H3,(H,26,29). The summed E-state index contributed by atoms with van der Waals surface area (Å²) in [6, 6.07) is 28.1. The van der Waals surface area contributed by atoms with Crippen LogP contribution in [-0.2, 0) is 6.42 Å². The zero-order valence-corrected chi connectivity index (χ0v) is 16.4. The van der Waals surface area contributed by atoms with Gasteiger partial charge in [-0.05, 0) is 31.0 Å². The molecule has 1 aromatic heterocycles. The number of nitrogens with zero attached hydrogens (tertiary/aromatic N) is 2. The topological polar surface area (TPSA) is 46.9 Å². The first-order valence-corrected chi connectivity index (χ1v) is 9.75. The maximum Gasteiger partial charge on any atom is 0.255 e. The van der Waals surface area contributed by atoms with Gasteiger partial charge in [-0.25, -0.2) is 4.68 Å². The quantitative estimate of drug-likeness (QED) is 0.520. The summed E-state index contributed by atoms with van der Waals surface area (Å²) in [6.45, 7) is 2.63. The molecular formula is C25H23N3O. The van der Waals surface area contributed by atoms with Crippen LogP contribution in [0.2, 0.25) is 0 Å². The SMILES string of the molecule is Cc1ccc(-n2cc(C(=O)NCCc3ccccc3)c(-c3ccccc3)n2)cc1. The van der Waals surface area contributed by atoms with Crippen molar-refractivity contribution in [3.63, 3.8) is 0 Å². The maximum absolute atomic E-state index is 13.0. The van der Waals surface area contributed by atoms with Crippen LogP contribution < -0.4 is 5.32 Å². The fraction of sp³-hybridized carbons (Fsp3) is 0.120. The highest BCUT2D eigenvalue weighted by Gasteiger charge is 2.18. The second-order valence-corrected chi connectivity index (χ2v) is 7.03. The van der Waals surface area contributed by atoms with E-state index in [9.17, 15) is 4.79 Å². The van der Waals surface area contributed by atoms with Crippen molar-refractivity contribution in [1.29, 1.82) is 0 Å². The first-order valence-electron chi connectivity index (χ1n) is 9.75. The normalized spacial score (nSPS) is 10.7. The maximum atomic E-state index is 13.0. The predicted octanol–water partition coefficient (Wildman–Crippen LogP) is 4.82. The molecule has 4 nitrogen and oxygen atoms in total. The summed E-state index contributed by atoms with van der Waals surface area (Å²) in [5.41, 5.74) is 5.49. The first kappa shape index (κ1) is 18.7. The van der Waals surface area contributed by atoms with Gasteiger partial charge in [-0.2, -0.15) is 5.10 Å². The molecule has 0 aliphatic rings. The second-order valence-electron chi connectivity index (χ2n) is 7.03. The Bertz CT molecular complexity index is 1080. The van der Waals surface area contributed by atoms with Crippen molar-refractivity contribution in [2.24, 2.45) is 0 Å². The van der Waals surface area contributed by atoms with Gasteiger partial charge < -0.3 is 5.32 Å². The molecule has 1 heterocycles. The lowest BCUT2D eigenvalue weighted by Crippen LogP contribution is -2.25. The Morgan fingerprint density at radius 3 is 2.24 bits per heavy atom. The lowest BCUT2D eigenvalue weighted by Gasteiger charge is -2.05. The molecule has 0 fully saturated rings. The average molecular weight is 381 g/mol. The van der Waals surface area contributed by atoms with Crippen LogP contribution in [0.5, 0.6) is 0 Å². The number of carbonyl (C=O) groups is 1. The van der Waals surface area contributed by atoms with E-state index in [1.807, 2.05) is 85.9 Å². The lowest BCUT2D eigenvalue weighted by atomic mass is 10.1. The molecule has 0 aliphatic carbocycles. The fourth-order valence-electron chi connectivity index (χ4n) is 3.24. The molecule has 0 bridgehead atoms. The molecule has 0 atom stereocenters. The molecule has 0 unspecified atom stereocenters. The van der Waals surface area contributed by atoms with Gasteiger partial charge in [-0.3, -0.25) is 4.79 Å². The van der Waals surface area contributed by atoms with Gasteiger partial charge in [0.25, 0.3) is 5.91 Å². The molecule has 0 spiro atoms. The van der Waals surface area contributed by atoms with Gasteiger partial charge in [-0.1, -0.05) is 78.4 Å². The van der Waals surface area contributed by atoms with Gasteiger partial charge in [0.05, 0.1) is 11.3 Å². The number of nitrogens with one attached hydrogen (secondary N) is 1. The number of benzene rings is 3. The Balaban J connectivity index is 1.60. The molecule has 4 heteroatoms. The molecule has 0 saturated heterocycles. The third-order valence-corrected chi connectivity index (χ3v) is 4.85. The van der Waals surface area contributed by atoms with Crippen LogP contribution in [0.3, 0.4) is 0 Å². The molecule has 0 radical (unpaired) electrons. The lowest BCUT2D eigenvalue weighted by molar-refractivity contribution is 0.0955. The molecule has 0 aliphatic heterocycles. The molecule has 29 heavy (non-hydrogen) atoms. The van der Waals surface area contributed by atoms with Gasteiger partial charge in [0.1, 0.15) is 5.69 Å². The van der Waals surface area contributed by atoms with Crippen molar-refractivity contribution in [1.82, 2.24) is 15.1 Å². The molecule has 3 aromatic carbocycles. The summed E-state index contributed by atoms with van der Waals surface area (Å²) in [5.74, 6) is -0.113. The third-order valence-electron chi connectivity index (χ3n) is 4.85. The van der Waals surface area contributed by atoms with Crippen molar-refractivity contribution in [3.05, 3.63) is 108 Å². The van der Waals surface area contributed by atoms with Crippen LogP contribution in [0.25, 0.3) is 16.9 Å². The molecule has 4 aromatic rings. The summed E-state index contributed by atoms with van der Waals surface area (Å²) in [6.07, 6.45) is 2.60. The molecule has 1 N–H and O–H groups in total. The Hall–Kier alpha value is -3.66. The Labute approximate surface area is 170 Å². The van der Waals surface area contributed by atoms with Gasteiger partial charge in [-0.15, -0.1) is 0 Å². The number of rotatable bonds is 6. The summed E-state index contributed by atoms with van der Waals surface area (Å²) in [7, 11) is 0. The number of aromatic nitrogens is 2. The Morgan fingerprint density at radius 2 is 1.55 bits per heavy atom. The van der Waals surface area contributed by atoms with Gasteiger partial charge in [0.15, 0.2) is 0 Å². The zero-order chi connectivity index (χ0) is 20.1. The first-order chi connectivity index (χ1) is 14.2. The highest BCUT2D eigenvalue weighted by atomic mass is 16.1. The van der Waals surface area contributed by atoms with E-state index in [-0.39, 0.29) is 5.91 Å². The third kappa shape index (κ3) is 4.43. The van der Waals surface area contributed by atoms with E-state index in [1.54, 1.807) is 4.68 Å². The second kappa shape index (κ2) is 8.57. The summed E-state index contributed by atoms with van der Waals surface area (Å²) < 4.78 is 1.77. The fourth-order valence-corrected chi connectivity index (χ4v) is 3.24. The Kier molecular flexibility index (Phi) is 5.52. The Morgan fingerprint density at radius 1 is 0.897 bits per heavy atom. The van der Waals surface area contributed by atoms with E-state index in [0.29, 0.717) is 17.8 Å². The number of carbonyl (C=O) groups excluding carboxylic acids is 1. The van der Waals surface area contributed by atoms with Gasteiger partial charge in [0, 0.05) is 18.3 Å². The van der Waals surface area contributed by atoms with E-state index in [0.717, 1.165) is 17.7 Å². The monoisotopic (exact) mass is 381 g/mol. The molecule has 4 rings (SSSR count). The van der Waals surface area contributed by atoms with E-state index in [2.05, 4.69) is 17.4 Å². The minimum atomic E-state index is -0.113. The largest absolute Gasteiger partial charge is 0.352 e. The smallest absolute Gasteiger partial charge is 0.255 e. The highest BCUT2D eigenvalue weighted by molar-refractivity contribution is 5.99. The van der Waals surface area contributed by atoms with Gasteiger partial charge >= 0.3 is 0 Å². The summed E-state index contributed by atoms with van der Waals surface area (Å²) >= 11 is 0. The van der Waals surface area contributed by atoms with Crippen LogP contribution in [0.4, 0.5) is 0 Å². The van der Waals surface area contributed by atoms with Crippen molar-refractivity contribution >= 4 is 5.91 Å². The van der Waals surface area contributed by atoms with Crippen LogP contribution in [0.15, 0.2) is 91.1 Å². The predicted molar refractivity (Wildman–Crippen MR) is 116 cm³/mol. The number of aryl methyl sites for hydroxylation is 1. The van der Waals surface area contributed by atoms with Crippen molar-refractivity contribution in [3.8, 4) is 16.9 Å². The van der Waals surface area contributed by atoms with Gasteiger partial charge in [0.2, 0.25) is 0 Å². The van der Waals surface area contributed by atoms with Crippen LogP contribution >= 0.6 is 0 Å². The summed E-state index contributed by atoms with van der Waals surface area (Å²) in [5, 5.41) is 7.76. The zero-order valence-electron chi connectivity index (χ0n) is 16.4. The van der Waals surface area contributed by atoms with E-state index in [1.165, 1.54) is 11.1 Å². The van der Waals surface area contributed by atoms with Crippen LogP contribution in [-0.4, -0.2) is 22.2 Å². The highest BCUT2D eigenvalue weighted by Crippen LogP contribution is 2.23. The van der Waals surface area contributed by atoms with Crippen molar-refractivity contribution in [2.45, 2.75) is 13.3 Å². The number of amides is 1. The average Bonchev–Trinajstić information content (AvgIpc) is 3.21. The van der Waals surface area contributed by atoms with E-state index < -0.39 is 0 Å². The van der Waals surface area contributed by atoms with E-state index in [4.69, 9.17) is 5.10 Å². The number of hydrogen-bond acceptors (Lipinski definition) is 2. The van der Waals surface area contributed by atoms with Crippen LogP contribution in [0, 0.1) is 6.92 Å². The molecule has 0 saturated carbocycles. The minimum absolute atomic E-state index is 0.113. The minimum Gasteiger partial charge on any atom is -0.352 e. The molecule has 144 valence electrons.